The van der Waals surface area contributed by atoms with Gasteiger partial charge in [0.15, 0.2) is 0 Å². The molecule has 4 N–H and O–H groups in total. The summed E-state index contributed by atoms with van der Waals surface area (Å²) in [5.41, 5.74) is 3.96. The van der Waals surface area contributed by atoms with Crippen LogP contribution in [0.4, 0.5) is 15.9 Å². The average Bonchev–Trinajstić information content (AvgIpc) is 2.96. The second-order valence-corrected chi connectivity index (χ2v) is 6.34. The van der Waals surface area contributed by atoms with E-state index >= 15 is 0 Å². The van der Waals surface area contributed by atoms with Crippen molar-refractivity contribution >= 4 is 28.4 Å². The van der Waals surface area contributed by atoms with E-state index in [1.54, 1.807) is 49.0 Å². The van der Waals surface area contributed by atoms with E-state index in [4.69, 9.17) is 9.94 Å². The maximum Gasteiger partial charge on any atom is 0.279 e. The number of hydrogen-bond acceptors (Lipinski definition) is 6. The second kappa shape index (κ2) is 8.34. The van der Waals surface area contributed by atoms with Crippen molar-refractivity contribution < 1.29 is 24.2 Å². The van der Waals surface area contributed by atoms with Gasteiger partial charge in [-0.1, -0.05) is 6.07 Å². The zero-order chi connectivity index (χ0) is 20.3. The van der Waals surface area contributed by atoms with Gasteiger partial charge in [0.25, 0.3) is 5.91 Å². The molecular formula is C19H21FN4O4. The van der Waals surface area contributed by atoms with E-state index in [1.807, 2.05) is 0 Å². The number of fused-ring (bicyclic) bond motifs is 1. The van der Waals surface area contributed by atoms with Gasteiger partial charge in [0.05, 0.1) is 17.9 Å². The predicted octanol–water partition coefficient (Wildman–Crippen LogP) is 1.78. The fourth-order valence-corrected chi connectivity index (χ4v) is 2.79. The molecule has 0 aliphatic heterocycles. The molecule has 2 heterocycles. The van der Waals surface area contributed by atoms with Gasteiger partial charge in [-0.05, 0) is 36.8 Å². The molecule has 0 saturated carbocycles. The topological polar surface area (TPSA) is 109 Å². The summed E-state index contributed by atoms with van der Waals surface area (Å²) in [6, 6.07) is 8.14. The zero-order valence-corrected chi connectivity index (χ0v) is 15.4. The minimum absolute atomic E-state index is 0.210. The average molecular weight is 388 g/mol. The molecule has 8 nitrogen and oxygen atoms in total. The molecule has 1 aromatic carbocycles. The first-order valence-corrected chi connectivity index (χ1v) is 8.60. The maximum absolute atomic E-state index is 14.3. The largest absolute Gasteiger partial charge is 0.394 e. The van der Waals surface area contributed by atoms with Crippen LogP contribution in [0.1, 0.15) is 15.9 Å². The summed E-state index contributed by atoms with van der Waals surface area (Å²) >= 11 is 0. The van der Waals surface area contributed by atoms with E-state index in [2.05, 4.69) is 15.8 Å². The predicted molar refractivity (Wildman–Crippen MR) is 102 cm³/mol. The van der Waals surface area contributed by atoms with Crippen LogP contribution in [0.5, 0.6) is 0 Å². The molecule has 3 rings (SSSR count). The third kappa shape index (κ3) is 3.96. The number of halogens is 1. The van der Waals surface area contributed by atoms with Crippen molar-refractivity contribution in [3.05, 3.63) is 53.5 Å². The second-order valence-electron chi connectivity index (χ2n) is 6.34. The van der Waals surface area contributed by atoms with Crippen molar-refractivity contribution in [2.24, 2.45) is 7.05 Å². The summed E-state index contributed by atoms with van der Waals surface area (Å²) in [7, 11) is 1.71. The smallest absolute Gasteiger partial charge is 0.279 e. The highest BCUT2D eigenvalue weighted by Crippen LogP contribution is 2.31. The summed E-state index contributed by atoms with van der Waals surface area (Å²) in [6.07, 6.45) is 0.475. The van der Waals surface area contributed by atoms with Crippen LogP contribution in [0.15, 0.2) is 36.5 Å². The number of rotatable bonds is 7. The van der Waals surface area contributed by atoms with E-state index in [0.29, 0.717) is 16.9 Å². The highest BCUT2D eigenvalue weighted by molar-refractivity contribution is 6.11. The number of hydrogen-bond donors (Lipinski definition) is 4. The molecule has 0 aliphatic carbocycles. The molecule has 0 aliphatic rings. The summed E-state index contributed by atoms with van der Waals surface area (Å²) in [5.74, 6) is -0.717. The van der Waals surface area contributed by atoms with Crippen molar-refractivity contribution in [2.75, 3.05) is 18.5 Å². The van der Waals surface area contributed by atoms with Gasteiger partial charge in [-0.15, -0.1) is 0 Å². The van der Waals surface area contributed by atoms with Gasteiger partial charge in [0.1, 0.15) is 30.0 Å². The number of benzene rings is 1. The fourth-order valence-electron chi connectivity index (χ4n) is 2.79. The highest BCUT2D eigenvalue weighted by atomic mass is 19.1. The van der Waals surface area contributed by atoms with Crippen molar-refractivity contribution in [1.29, 1.82) is 0 Å². The molecular weight excluding hydrogens is 367 g/mol. The first-order valence-electron chi connectivity index (χ1n) is 8.60. The van der Waals surface area contributed by atoms with Crippen LogP contribution in [-0.4, -0.2) is 45.0 Å². The third-order valence-electron chi connectivity index (χ3n) is 4.20. The molecule has 148 valence electrons. The van der Waals surface area contributed by atoms with Crippen LogP contribution < -0.4 is 10.8 Å². The number of aliphatic hydroxyl groups is 2. The lowest BCUT2D eigenvalue weighted by molar-refractivity contribution is -0.0294. The van der Waals surface area contributed by atoms with Gasteiger partial charge in [-0.25, -0.2) is 14.9 Å². The van der Waals surface area contributed by atoms with E-state index in [-0.39, 0.29) is 17.9 Å². The number of aromatic nitrogens is 2. The number of nitrogens with one attached hydrogen (secondary N) is 2. The number of nitrogens with zero attached hydrogens (tertiary/aromatic N) is 2. The van der Waals surface area contributed by atoms with E-state index in [9.17, 15) is 14.3 Å². The number of carbonyl (C=O) groups excluding carboxylic acids is 1. The summed E-state index contributed by atoms with van der Waals surface area (Å²) in [5, 5.41) is 21.6. The number of aliphatic hydroxyl groups excluding tert-OH is 2. The molecule has 0 fully saturated rings. The minimum atomic E-state index is -1.12. The number of carbonyl (C=O) groups is 1. The van der Waals surface area contributed by atoms with Crippen LogP contribution in [0.2, 0.25) is 0 Å². The van der Waals surface area contributed by atoms with Gasteiger partial charge in [-0.3, -0.25) is 9.63 Å². The van der Waals surface area contributed by atoms with Crippen molar-refractivity contribution in [3.8, 4) is 0 Å². The lowest BCUT2D eigenvalue weighted by atomic mass is 10.2. The number of aryl methyl sites for hydroxylation is 2. The number of anilines is 2. The quantitative estimate of drug-likeness (QED) is 0.460. The molecule has 1 atom stereocenters. The van der Waals surface area contributed by atoms with Gasteiger partial charge < -0.3 is 20.1 Å². The maximum atomic E-state index is 14.3. The van der Waals surface area contributed by atoms with Crippen LogP contribution in [0, 0.1) is 12.7 Å². The SMILES string of the molecule is Cc1ccc(Nc2c(C(=O)NOC[C@@H](O)CO)c3cccnc3n2C)c(F)c1. The van der Waals surface area contributed by atoms with Crippen molar-refractivity contribution in [2.45, 2.75) is 13.0 Å². The lowest BCUT2D eigenvalue weighted by Crippen LogP contribution is -2.30. The van der Waals surface area contributed by atoms with Gasteiger partial charge in [-0.2, -0.15) is 0 Å². The molecule has 0 saturated heterocycles. The van der Waals surface area contributed by atoms with E-state index < -0.39 is 24.4 Å². The molecule has 3 aromatic rings. The molecule has 0 bridgehead atoms. The summed E-state index contributed by atoms with van der Waals surface area (Å²) in [6.45, 7) is 1.01. The molecule has 0 spiro atoms. The number of pyridine rings is 1. The lowest BCUT2D eigenvalue weighted by Gasteiger charge is -2.13. The Labute approximate surface area is 160 Å². The van der Waals surface area contributed by atoms with Crippen LogP contribution >= 0.6 is 0 Å². The Morgan fingerprint density at radius 3 is 2.89 bits per heavy atom. The summed E-state index contributed by atoms with van der Waals surface area (Å²) < 4.78 is 16.0. The normalized spacial score (nSPS) is 12.2. The van der Waals surface area contributed by atoms with Crippen molar-refractivity contribution in [3.63, 3.8) is 0 Å². The fraction of sp³-hybridized carbons (Fsp3) is 0.263. The Morgan fingerprint density at radius 2 is 2.18 bits per heavy atom. The number of hydroxylamine groups is 1. The molecule has 0 radical (unpaired) electrons. The third-order valence-corrected chi connectivity index (χ3v) is 4.20. The van der Waals surface area contributed by atoms with Gasteiger partial charge >= 0.3 is 0 Å². The summed E-state index contributed by atoms with van der Waals surface area (Å²) in [4.78, 5) is 22.0. The van der Waals surface area contributed by atoms with Crippen LogP contribution in [0.3, 0.4) is 0 Å². The highest BCUT2D eigenvalue weighted by Gasteiger charge is 2.23. The van der Waals surface area contributed by atoms with E-state index in [1.165, 1.54) is 6.07 Å². The van der Waals surface area contributed by atoms with Gasteiger partial charge in [0, 0.05) is 18.6 Å². The standard InChI is InChI=1S/C19H21FN4O4/c1-11-5-6-15(14(20)8-11)22-18-16(19(27)23-28-10-12(26)9-25)13-4-3-7-21-17(13)24(18)2/h3-8,12,22,25-26H,9-10H2,1-2H3,(H,23,27)/t12-/m0/s1. The first-order chi connectivity index (χ1) is 13.4. The van der Waals surface area contributed by atoms with Crippen LogP contribution in [0.25, 0.3) is 11.0 Å². The van der Waals surface area contributed by atoms with Crippen LogP contribution in [-0.2, 0) is 11.9 Å². The van der Waals surface area contributed by atoms with Crippen molar-refractivity contribution in [1.82, 2.24) is 15.0 Å². The number of amides is 1. The monoisotopic (exact) mass is 388 g/mol. The van der Waals surface area contributed by atoms with Gasteiger partial charge in [0.2, 0.25) is 0 Å². The molecule has 2 aromatic heterocycles. The molecule has 0 unspecified atom stereocenters. The first kappa shape index (κ1) is 19.7. The molecule has 9 heteroatoms. The molecule has 1 amide bonds. The zero-order valence-electron chi connectivity index (χ0n) is 15.4. The molecule has 28 heavy (non-hydrogen) atoms. The Hall–Kier alpha value is -3.01. The Balaban J connectivity index is 1.98. The minimum Gasteiger partial charge on any atom is -0.394 e. The Kier molecular flexibility index (Phi) is 5.88. The Bertz CT molecular complexity index is 1010. The van der Waals surface area contributed by atoms with E-state index in [0.717, 1.165) is 5.56 Å². The Morgan fingerprint density at radius 1 is 1.39 bits per heavy atom.